The number of hydrogen-bond acceptors (Lipinski definition) is 2. The van der Waals surface area contributed by atoms with Crippen LogP contribution >= 0.6 is 0 Å². The van der Waals surface area contributed by atoms with Crippen molar-refractivity contribution in [3.8, 4) is 33.8 Å². The van der Waals surface area contributed by atoms with Crippen LogP contribution in [0.1, 0.15) is 33.4 Å². The van der Waals surface area contributed by atoms with Crippen molar-refractivity contribution in [2.75, 3.05) is 0 Å². The summed E-state index contributed by atoms with van der Waals surface area (Å²) in [5.74, 6) is 0.835. The van der Waals surface area contributed by atoms with E-state index in [1.165, 1.54) is 82.4 Å². The van der Waals surface area contributed by atoms with E-state index in [1.807, 2.05) is 0 Å². The maximum Gasteiger partial charge on any atom is 0.160 e. The molecular formula is C41H24N2. The van der Waals surface area contributed by atoms with Crippen molar-refractivity contribution in [1.82, 2.24) is 9.97 Å². The molecule has 0 fully saturated rings. The van der Waals surface area contributed by atoms with Gasteiger partial charge in [-0.2, -0.15) is 0 Å². The molecule has 0 aliphatic heterocycles. The highest BCUT2D eigenvalue weighted by Crippen LogP contribution is 2.56. The molecule has 8 aromatic rings. The minimum atomic E-state index is 0.835. The quantitative estimate of drug-likeness (QED) is 0.207. The number of para-hydroxylation sites is 1. The van der Waals surface area contributed by atoms with Crippen molar-refractivity contribution in [2.24, 2.45) is 0 Å². The zero-order chi connectivity index (χ0) is 27.8. The monoisotopic (exact) mass is 544 g/mol. The third kappa shape index (κ3) is 2.75. The minimum absolute atomic E-state index is 0.835. The van der Waals surface area contributed by atoms with E-state index in [0.29, 0.717) is 0 Å². The highest BCUT2D eigenvalue weighted by molar-refractivity contribution is 6.34. The minimum Gasteiger partial charge on any atom is -0.228 e. The maximum atomic E-state index is 5.35. The Hall–Kier alpha value is -5.34. The van der Waals surface area contributed by atoms with Crippen molar-refractivity contribution >= 4 is 43.2 Å². The lowest BCUT2D eigenvalue weighted by Crippen LogP contribution is -1.99. The predicted molar refractivity (Wildman–Crippen MR) is 177 cm³/mol. The van der Waals surface area contributed by atoms with Crippen molar-refractivity contribution in [3.63, 3.8) is 0 Å². The van der Waals surface area contributed by atoms with Crippen molar-refractivity contribution in [2.45, 2.75) is 19.3 Å². The molecule has 0 amide bonds. The van der Waals surface area contributed by atoms with E-state index < -0.39 is 0 Å². The molecule has 0 atom stereocenters. The van der Waals surface area contributed by atoms with Gasteiger partial charge in [0.05, 0.1) is 11.2 Å². The van der Waals surface area contributed by atoms with E-state index in [2.05, 4.69) is 109 Å². The Kier molecular flexibility index (Phi) is 4.01. The summed E-state index contributed by atoms with van der Waals surface area (Å²) in [7, 11) is 0. The van der Waals surface area contributed by atoms with E-state index in [4.69, 9.17) is 9.97 Å². The van der Waals surface area contributed by atoms with Gasteiger partial charge in [0.2, 0.25) is 0 Å². The predicted octanol–water partition coefficient (Wildman–Crippen LogP) is 9.80. The van der Waals surface area contributed by atoms with E-state index in [0.717, 1.165) is 47.2 Å². The van der Waals surface area contributed by atoms with Crippen LogP contribution in [0.5, 0.6) is 0 Å². The molecule has 11 rings (SSSR count). The second-order valence-electron chi connectivity index (χ2n) is 12.4. The Morgan fingerprint density at radius 3 is 1.79 bits per heavy atom. The summed E-state index contributed by atoms with van der Waals surface area (Å²) in [5.41, 5.74) is 15.7. The van der Waals surface area contributed by atoms with Crippen LogP contribution in [0.2, 0.25) is 0 Å². The smallest absolute Gasteiger partial charge is 0.160 e. The van der Waals surface area contributed by atoms with Crippen molar-refractivity contribution in [1.29, 1.82) is 0 Å². The Morgan fingerprint density at radius 1 is 0.419 bits per heavy atom. The molecule has 7 aromatic carbocycles. The number of benzene rings is 7. The van der Waals surface area contributed by atoms with Crippen molar-refractivity contribution < 1.29 is 0 Å². The Morgan fingerprint density at radius 2 is 0.977 bits per heavy atom. The highest BCUT2D eigenvalue weighted by atomic mass is 14.9. The first kappa shape index (κ1) is 22.3. The first-order chi connectivity index (χ1) is 21.3. The fourth-order valence-electron chi connectivity index (χ4n) is 8.56. The molecular weight excluding hydrogens is 520 g/mol. The van der Waals surface area contributed by atoms with Gasteiger partial charge in [-0.1, -0.05) is 91.0 Å². The molecule has 1 heterocycles. The van der Waals surface area contributed by atoms with E-state index in [1.54, 1.807) is 0 Å². The number of fused-ring (bicyclic) bond motifs is 1. The van der Waals surface area contributed by atoms with Crippen molar-refractivity contribution in [3.05, 3.63) is 143 Å². The topological polar surface area (TPSA) is 25.8 Å². The third-order valence-electron chi connectivity index (χ3n) is 10.3. The molecule has 0 bridgehead atoms. The zero-order valence-electron chi connectivity index (χ0n) is 23.4. The van der Waals surface area contributed by atoms with Crippen LogP contribution in [0, 0.1) is 0 Å². The summed E-state index contributed by atoms with van der Waals surface area (Å²) in [6, 6.07) is 39.7. The van der Waals surface area contributed by atoms with Crippen LogP contribution in [0.4, 0.5) is 0 Å². The van der Waals surface area contributed by atoms with Gasteiger partial charge in [-0.3, -0.25) is 0 Å². The number of aromatic nitrogens is 2. The second kappa shape index (κ2) is 7.73. The second-order valence-corrected chi connectivity index (χ2v) is 12.4. The average Bonchev–Trinajstić information content (AvgIpc) is 3.75. The Bertz CT molecular complexity index is 2560. The van der Waals surface area contributed by atoms with Crippen LogP contribution in [0.15, 0.2) is 109 Å². The van der Waals surface area contributed by atoms with Crippen LogP contribution in [-0.2, 0) is 19.3 Å². The SMILES string of the molecule is c1ccc(-c2cc3c4c5c2Cc2ccc6c(c25)c2c(cc(-c5nc(-c7ccccc7)c7ccccc7n5)c(c24)C3)C6)cc1. The molecule has 2 nitrogen and oxygen atoms in total. The van der Waals surface area contributed by atoms with Gasteiger partial charge in [0.1, 0.15) is 0 Å². The van der Waals surface area contributed by atoms with Gasteiger partial charge in [0.15, 0.2) is 5.82 Å². The van der Waals surface area contributed by atoms with E-state index in [9.17, 15) is 0 Å². The average molecular weight is 545 g/mol. The highest BCUT2D eigenvalue weighted by Gasteiger charge is 2.34. The van der Waals surface area contributed by atoms with Crippen LogP contribution in [0.25, 0.3) is 77.0 Å². The Balaban J connectivity index is 1.27. The number of nitrogens with zero attached hydrogens (tertiary/aromatic N) is 2. The van der Waals surface area contributed by atoms with Gasteiger partial charge in [-0.25, -0.2) is 9.97 Å². The molecule has 0 unspecified atom stereocenters. The molecule has 0 N–H and O–H groups in total. The summed E-state index contributed by atoms with van der Waals surface area (Å²) in [4.78, 5) is 10.6. The molecule has 3 aliphatic carbocycles. The van der Waals surface area contributed by atoms with Gasteiger partial charge in [0.25, 0.3) is 0 Å². The van der Waals surface area contributed by atoms with Gasteiger partial charge >= 0.3 is 0 Å². The standard InChI is InChI=1S/C41H24N2/c1-3-9-22(10-4-1)29-19-27-20-31-32(41-42-33-14-8-7-13-28(33)40(43-41)23-11-5-2-6-12-23)21-26-17-24-15-16-25-18-30(29)38-35(25)34(24)36(26)39(31)37(27)38/h1-16,19,21H,17-18,20H2. The molecule has 1 aromatic heterocycles. The normalized spacial score (nSPS) is 13.8. The molecule has 2 heteroatoms. The lowest BCUT2D eigenvalue weighted by atomic mass is 9.90. The van der Waals surface area contributed by atoms with E-state index >= 15 is 0 Å². The van der Waals surface area contributed by atoms with Gasteiger partial charge in [-0.15, -0.1) is 0 Å². The zero-order valence-corrected chi connectivity index (χ0v) is 23.4. The fourth-order valence-corrected chi connectivity index (χ4v) is 8.56. The van der Waals surface area contributed by atoms with Gasteiger partial charge in [0, 0.05) is 16.5 Å². The molecule has 198 valence electrons. The summed E-state index contributed by atoms with van der Waals surface area (Å²) in [5, 5.41) is 10.0. The summed E-state index contributed by atoms with van der Waals surface area (Å²) in [6.45, 7) is 0. The molecule has 0 saturated heterocycles. The number of hydrogen-bond donors (Lipinski definition) is 0. The molecule has 43 heavy (non-hydrogen) atoms. The van der Waals surface area contributed by atoms with E-state index in [-0.39, 0.29) is 0 Å². The summed E-state index contributed by atoms with van der Waals surface area (Å²) in [6.07, 6.45) is 2.90. The third-order valence-corrected chi connectivity index (χ3v) is 10.3. The van der Waals surface area contributed by atoms with Gasteiger partial charge in [-0.05, 0) is 114 Å². The number of rotatable bonds is 3. The maximum absolute atomic E-state index is 5.35. The summed E-state index contributed by atoms with van der Waals surface area (Å²) >= 11 is 0. The summed E-state index contributed by atoms with van der Waals surface area (Å²) < 4.78 is 0. The lowest BCUT2D eigenvalue weighted by Gasteiger charge is -2.14. The molecule has 0 spiro atoms. The largest absolute Gasteiger partial charge is 0.228 e. The fraction of sp³-hybridized carbons (Fsp3) is 0.0732. The first-order valence-electron chi connectivity index (χ1n) is 15.2. The molecule has 3 aliphatic rings. The Labute approximate surface area is 248 Å². The van der Waals surface area contributed by atoms with Crippen LogP contribution in [0.3, 0.4) is 0 Å². The molecule has 0 saturated carbocycles. The van der Waals surface area contributed by atoms with Crippen LogP contribution in [-0.4, -0.2) is 9.97 Å². The van der Waals surface area contributed by atoms with Crippen LogP contribution < -0.4 is 0 Å². The molecule has 0 radical (unpaired) electrons. The lowest BCUT2D eigenvalue weighted by molar-refractivity contribution is 1.18. The first-order valence-corrected chi connectivity index (χ1v) is 15.2. The van der Waals surface area contributed by atoms with Gasteiger partial charge < -0.3 is 0 Å².